The molecule has 2 aromatic rings. The Morgan fingerprint density at radius 3 is 2.88 bits per heavy atom. The molecule has 0 bridgehead atoms. The van der Waals surface area contributed by atoms with Crippen LogP contribution in [0.25, 0.3) is 10.2 Å². The standard InChI is InChI=1S/C10H8N2O3S/c1-5(13)12-8-7-6(3-2-4-11-7)16-9(8)10(14)15/h2-4H,1H3,(H,12,13)(H,14,15). The highest BCUT2D eigenvalue weighted by molar-refractivity contribution is 7.21. The van der Waals surface area contributed by atoms with Crippen molar-refractivity contribution in [2.24, 2.45) is 0 Å². The van der Waals surface area contributed by atoms with Gasteiger partial charge < -0.3 is 10.4 Å². The van der Waals surface area contributed by atoms with Crippen molar-refractivity contribution < 1.29 is 14.7 Å². The largest absolute Gasteiger partial charge is 0.477 e. The summed E-state index contributed by atoms with van der Waals surface area (Å²) in [6.45, 7) is 1.33. The fourth-order valence-electron chi connectivity index (χ4n) is 1.37. The zero-order valence-electron chi connectivity index (χ0n) is 8.35. The molecule has 0 fully saturated rings. The molecular formula is C10H8N2O3S. The first-order chi connectivity index (χ1) is 7.59. The molecule has 0 aliphatic heterocycles. The molecule has 82 valence electrons. The Hall–Kier alpha value is -1.95. The number of amides is 1. The van der Waals surface area contributed by atoms with Crippen molar-refractivity contribution in [3.05, 3.63) is 23.2 Å². The van der Waals surface area contributed by atoms with E-state index in [1.165, 1.54) is 6.92 Å². The Balaban J connectivity index is 2.69. The molecule has 0 unspecified atom stereocenters. The fraction of sp³-hybridized carbons (Fsp3) is 0.100. The Morgan fingerprint density at radius 2 is 2.25 bits per heavy atom. The number of aromatic nitrogens is 1. The van der Waals surface area contributed by atoms with Gasteiger partial charge in [0.05, 0.1) is 10.4 Å². The number of nitrogens with zero attached hydrogens (tertiary/aromatic N) is 1. The van der Waals surface area contributed by atoms with Gasteiger partial charge in [0.1, 0.15) is 10.4 Å². The normalized spacial score (nSPS) is 10.3. The average molecular weight is 236 g/mol. The summed E-state index contributed by atoms with van der Waals surface area (Å²) in [5.74, 6) is -1.38. The van der Waals surface area contributed by atoms with Crippen LogP contribution >= 0.6 is 11.3 Å². The monoisotopic (exact) mass is 236 g/mol. The molecule has 2 rings (SSSR count). The van der Waals surface area contributed by atoms with Crippen molar-refractivity contribution in [2.45, 2.75) is 6.92 Å². The number of anilines is 1. The number of carbonyl (C=O) groups excluding carboxylic acids is 1. The molecule has 1 amide bonds. The predicted molar refractivity (Wildman–Crippen MR) is 60.9 cm³/mol. The number of hydrogen-bond acceptors (Lipinski definition) is 4. The lowest BCUT2D eigenvalue weighted by atomic mass is 10.3. The SMILES string of the molecule is CC(=O)Nc1c(C(=O)O)sc2cccnc12. The predicted octanol–water partition coefficient (Wildman–Crippen LogP) is 1.95. The molecule has 0 aromatic carbocycles. The van der Waals surface area contributed by atoms with E-state index >= 15 is 0 Å². The molecule has 2 N–H and O–H groups in total. The van der Waals surface area contributed by atoms with Crippen LogP contribution in [0.15, 0.2) is 18.3 Å². The van der Waals surface area contributed by atoms with E-state index in [1.807, 2.05) is 0 Å². The minimum absolute atomic E-state index is 0.101. The van der Waals surface area contributed by atoms with E-state index in [4.69, 9.17) is 5.11 Å². The summed E-state index contributed by atoms with van der Waals surface area (Å²) in [5.41, 5.74) is 0.792. The number of nitrogens with one attached hydrogen (secondary N) is 1. The summed E-state index contributed by atoms with van der Waals surface area (Å²) in [7, 11) is 0. The van der Waals surface area contributed by atoms with Crippen LogP contribution in [-0.4, -0.2) is 22.0 Å². The Bertz CT molecular complexity index is 576. The lowest BCUT2D eigenvalue weighted by Crippen LogP contribution is -2.09. The molecule has 0 aliphatic rings. The van der Waals surface area contributed by atoms with E-state index in [2.05, 4.69) is 10.3 Å². The third kappa shape index (κ3) is 1.74. The maximum absolute atomic E-state index is 11.0. The Morgan fingerprint density at radius 1 is 1.50 bits per heavy atom. The second-order valence-electron chi connectivity index (χ2n) is 3.14. The van der Waals surface area contributed by atoms with Gasteiger partial charge in [-0.15, -0.1) is 11.3 Å². The molecular weight excluding hydrogens is 228 g/mol. The summed E-state index contributed by atoms with van der Waals surface area (Å²) in [5, 5.41) is 11.5. The smallest absolute Gasteiger partial charge is 0.348 e. The van der Waals surface area contributed by atoms with Gasteiger partial charge >= 0.3 is 5.97 Å². The Kier molecular flexibility index (Phi) is 2.57. The molecule has 0 atom stereocenters. The molecule has 0 radical (unpaired) electrons. The second-order valence-corrected chi connectivity index (χ2v) is 4.19. The van der Waals surface area contributed by atoms with E-state index in [0.717, 1.165) is 16.0 Å². The number of rotatable bonds is 2. The molecule has 2 heterocycles. The molecule has 2 aromatic heterocycles. The summed E-state index contributed by atoms with van der Waals surface area (Å²) in [4.78, 5) is 26.2. The highest BCUT2D eigenvalue weighted by Gasteiger charge is 2.19. The summed E-state index contributed by atoms with van der Waals surface area (Å²) in [6.07, 6.45) is 1.56. The van der Waals surface area contributed by atoms with Crippen LogP contribution in [0.1, 0.15) is 16.6 Å². The van der Waals surface area contributed by atoms with Crippen molar-refractivity contribution in [3.63, 3.8) is 0 Å². The molecule has 5 nitrogen and oxygen atoms in total. The highest BCUT2D eigenvalue weighted by Crippen LogP contribution is 2.34. The zero-order chi connectivity index (χ0) is 11.7. The third-order valence-corrected chi connectivity index (χ3v) is 3.07. The summed E-state index contributed by atoms with van der Waals surface area (Å²) < 4.78 is 0.739. The van der Waals surface area contributed by atoms with Crippen LogP contribution in [-0.2, 0) is 4.79 Å². The number of carbonyl (C=O) groups is 2. The Labute approximate surface area is 94.7 Å². The number of aromatic carboxylic acids is 1. The van der Waals surface area contributed by atoms with Gasteiger partial charge in [0.15, 0.2) is 0 Å². The van der Waals surface area contributed by atoms with Gasteiger partial charge in [0.2, 0.25) is 5.91 Å². The summed E-state index contributed by atoms with van der Waals surface area (Å²) in [6, 6.07) is 3.49. The number of fused-ring (bicyclic) bond motifs is 1. The van der Waals surface area contributed by atoms with Crippen LogP contribution in [0, 0.1) is 0 Å². The van der Waals surface area contributed by atoms with E-state index in [1.54, 1.807) is 18.3 Å². The first-order valence-electron chi connectivity index (χ1n) is 4.48. The van der Waals surface area contributed by atoms with E-state index in [0.29, 0.717) is 5.52 Å². The van der Waals surface area contributed by atoms with Gasteiger partial charge in [-0.1, -0.05) is 0 Å². The van der Waals surface area contributed by atoms with Gasteiger partial charge in [-0.25, -0.2) is 4.79 Å². The third-order valence-electron chi connectivity index (χ3n) is 1.94. The molecule has 0 spiro atoms. The number of hydrogen-bond donors (Lipinski definition) is 2. The van der Waals surface area contributed by atoms with Gasteiger partial charge in [0, 0.05) is 13.1 Å². The van der Waals surface area contributed by atoms with Crippen molar-refractivity contribution >= 4 is 39.1 Å². The summed E-state index contributed by atoms with van der Waals surface area (Å²) >= 11 is 1.10. The first kappa shape index (κ1) is 10.6. The highest BCUT2D eigenvalue weighted by atomic mass is 32.1. The lowest BCUT2D eigenvalue weighted by molar-refractivity contribution is -0.114. The second kappa shape index (κ2) is 3.90. The molecule has 6 heteroatoms. The molecule has 0 aliphatic carbocycles. The van der Waals surface area contributed by atoms with E-state index in [9.17, 15) is 9.59 Å². The van der Waals surface area contributed by atoms with Crippen molar-refractivity contribution in [2.75, 3.05) is 5.32 Å². The van der Waals surface area contributed by atoms with Gasteiger partial charge in [-0.05, 0) is 12.1 Å². The van der Waals surface area contributed by atoms with Crippen LogP contribution in [0.3, 0.4) is 0 Å². The molecule has 0 saturated carbocycles. The minimum atomic E-state index is -1.06. The first-order valence-corrected chi connectivity index (χ1v) is 5.29. The van der Waals surface area contributed by atoms with Crippen LogP contribution < -0.4 is 5.32 Å². The van der Waals surface area contributed by atoms with E-state index in [-0.39, 0.29) is 16.5 Å². The van der Waals surface area contributed by atoms with Gasteiger partial charge in [-0.3, -0.25) is 9.78 Å². The average Bonchev–Trinajstić information content (AvgIpc) is 2.57. The topological polar surface area (TPSA) is 79.3 Å². The maximum atomic E-state index is 11.0. The van der Waals surface area contributed by atoms with E-state index < -0.39 is 5.97 Å². The quantitative estimate of drug-likeness (QED) is 0.835. The van der Waals surface area contributed by atoms with Crippen molar-refractivity contribution in [3.8, 4) is 0 Å². The number of thiophene rings is 1. The number of carboxylic acid groups (broad SMARTS) is 1. The molecule has 16 heavy (non-hydrogen) atoms. The number of pyridine rings is 1. The maximum Gasteiger partial charge on any atom is 0.348 e. The van der Waals surface area contributed by atoms with Gasteiger partial charge in [-0.2, -0.15) is 0 Å². The lowest BCUT2D eigenvalue weighted by Gasteiger charge is -2.00. The number of carboxylic acids is 1. The molecule has 0 saturated heterocycles. The fourth-order valence-corrected chi connectivity index (χ4v) is 2.33. The zero-order valence-corrected chi connectivity index (χ0v) is 9.17. The van der Waals surface area contributed by atoms with Crippen LogP contribution in [0.4, 0.5) is 5.69 Å². The van der Waals surface area contributed by atoms with Gasteiger partial charge in [0.25, 0.3) is 0 Å². The minimum Gasteiger partial charge on any atom is -0.477 e. The van der Waals surface area contributed by atoms with Crippen LogP contribution in [0.2, 0.25) is 0 Å². The van der Waals surface area contributed by atoms with Crippen LogP contribution in [0.5, 0.6) is 0 Å². The van der Waals surface area contributed by atoms with Crippen molar-refractivity contribution in [1.82, 2.24) is 4.98 Å². The van der Waals surface area contributed by atoms with Crippen molar-refractivity contribution in [1.29, 1.82) is 0 Å².